The standard InChI is InChI=1S/C23H27N2O5P/c1-3-15-29-31(28,30-16-4-2)25(18-19-11-7-5-8-12-19)22(21(17-24)23(26)27)20-13-9-6-10-14-20/h5-14H,3-4,15-16,18H2,1-2H3,(H,26,27). The number of nitriles is 1. The average Bonchev–Trinajstić information content (AvgIpc) is 2.79. The Hall–Kier alpha value is -2.91. The summed E-state index contributed by atoms with van der Waals surface area (Å²) in [5.74, 6) is -1.42. The van der Waals surface area contributed by atoms with E-state index < -0.39 is 19.3 Å². The molecule has 0 aliphatic rings. The number of nitrogens with zero attached hydrogens (tertiary/aromatic N) is 2. The van der Waals surface area contributed by atoms with Gasteiger partial charge in [-0.2, -0.15) is 5.26 Å². The van der Waals surface area contributed by atoms with Crippen LogP contribution in [0.2, 0.25) is 0 Å². The third kappa shape index (κ3) is 6.53. The molecular formula is C23H27N2O5P. The van der Waals surface area contributed by atoms with Gasteiger partial charge in [0.2, 0.25) is 0 Å². The molecular weight excluding hydrogens is 415 g/mol. The van der Waals surface area contributed by atoms with Crippen molar-refractivity contribution in [1.29, 1.82) is 5.26 Å². The first-order chi connectivity index (χ1) is 15.0. The fourth-order valence-corrected chi connectivity index (χ4v) is 4.83. The highest BCUT2D eigenvalue weighted by Crippen LogP contribution is 2.57. The highest BCUT2D eigenvalue weighted by molar-refractivity contribution is 7.51. The van der Waals surface area contributed by atoms with E-state index in [0.29, 0.717) is 18.4 Å². The van der Waals surface area contributed by atoms with E-state index in [0.717, 1.165) is 5.56 Å². The fourth-order valence-electron chi connectivity index (χ4n) is 2.85. The van der Waals surface area contributed by atoms with Gasteiger partial charge in [0, 0.05) is 0 Å². The Labute approximate surface area is 183 Å². The van der Waals surface area contributed by atoms with Crippen LogP contribution in [0.3, 0.4) is 0 Å². The zero-order chi connectivity index (χ0) is 22.7. The van der Waals surface area contributed by atoms with Crippen molar-refractivity contribution < 1.29 is 23.5 Å². The van der Waals surface area contributed by atoms with E-state index in [4.69, 9.17) is 9.05 Å². The molecule has 0 unspecified atom stereocenters. The number of carboxylic acid groups (broad SMARTS) is 1. The zero-order valence-electron chi connectivity index (χ0n) is 17.7. The van der Waals surface area contributed by atoms with Gasteiger partial charge in [-0.3, -0.25) is 13.7 Å². The van der Waals surface area contributed by atoms with Gasteiger partial charge in [0.25, 0.3) is 0 Å². The molecule has 0 saturated carbocycles. The van der Waals surface area contributed by atoms with Crippen LogP contribution in [0.5, 0.6) is 0 Å². The number of aliphatic carboxylic acids is 1. The minimum Gasteiger partial charge on any atom is -0.477 e. The Kier molecular flexibility index (Phi) is 9.48. The minimum atomic E-state index is -4.00. The first-order valence-corrected chi connectivity index (χ1v) is 11.6. The average molecular weight is 442 g/mol. The van der Waals surface area contributed by atoms with Crippen molar-refractivity contribution in [2.75, 3.05) is 13.2 Å². The van der Waals surface area contributed by atoms with Crippen LogP contribution in [0.4, 0.5) is 0 Å². The molecule has 2 aromatic carbocycles. The summed E-state index contributed by atoms with van der Waals surface area (Å²) in [4.78, 5) is 12.0. The molecule has 164 valence electrons. The minimum absolute atomic E-state index is 0.00464. The van der Waals surface area contributed by atoms with E-state index in [1.807, 2.05) is 44.2 Å². The molecule has 0 aliphatic carbocycles. The Bertz CT molecular complexity index is 958. The third-order valence-electron chi connectivity index (χ3n) is 4.26. The Morgan fingerprint density at radius 2 is 1.52 bits per heavy atom. The predicted molar refractivity (Wildman–Crippen MR) is 119 cm³/mol. The molecule has 0 saturated heterocycles. The summed E-state index contributed by atoms with van der Waals surface area (Å²) in [5, 5.41) is 19.4. The molecule has 7 nitrogen and oxygen atoms in total. The molecule has 0 heterocycles. The molecule has 0 aliphatic heterocycles. The van der Waals surface area contributed by atoms with E-state index in [-0.39, 0.29) is 25.5 Å². The molecule has 1 N–H and O–H groups in total. The first kappa shape index (κ1) is 24.4. The monoisotopic (exact) mass is 442 g/mol. The molecule has 0 spiro atoms. The van der Waals surface area contributed by atoms with Crippen LogP contribution >= 0.6 is 7.75 Å². The summed E-state index contributed by atoms with van der Waals surface area (Å²) in [6.07, 6.45) is 1.18. The van der Waals surface area contributed by atoms with Crippen molar-refractivity contribution in [2.24, 2.45) is 0 Å². The maximum absolute atomic E-state index is 14.0. The number of benzene rings is 2. The van der Waals surface area contributed by atoms with Crippen LogP contribution in [0.1, 0.15) is 37.8 Å². The molecule has 0 atom stereocenters. The van der Waals surface area contributed by atoms with E-state index in [1.165, 1.54) is 4.67 Å². The molecule has 0 amide bonds. The van der Waals surface area contributed by atoms with Crippen molar-refractivity contribution in [1.82, 2.24) is 4.67 Å². The van der Waals surface area contributed by atoms with Gasteiger partial charge in [0.05, 0.1) is 25.5 Å². The number of carboxylic acids is 1. The topological polar surface area (TPSA) is 99.9 Å². The lowest BCUT2D eigenvalue weighted by Crippen LogP contribution is -2.25. The second-order valence-electron chi connectivity index (χ2n) is 6.68. The predicted octanol–water partition coefficient (Wildman–Crippen LogP) is 5.47. The molecule has 0 fully saturated rings. The van der Waals surface area contributed by atoms with Crippen LogP contribution in [-0.4, -0.2) is 29.0 Å². The van der Waals surface area contributed by atoms with Gasteiger partial charge in [0.15, 0.2) is 5.57 Å². The van der Waals surface area contributed by atoms with Gasteiger partial charge in [-0.05, 0) is 24.0 Å². The van der Waals surface area contributed by atoms with E-state index in [1.54, 1.807) is 36.4 Å². The summed E-state index contributed by atoms with van der Waals surface area (Å²) < 4.78 is 26.8. The maximum atomic E-state index is 14.0. The number of carbonyl (C=O) groups is 1. The normalized spacial score (nSPS) is 12.0. The van der Waals surface area contributed by atoms with E-state index >= 15 is 0 Å². The Morgan fingerprint density at radius 1 is 1.00 bits per heavy atom. The van der Waals surface area contributed by atoms with Gasteiger partial charge >= 0.3 is 13.7 Å². The van der Waals surface area contributed by atoms with Crippen LogP contribution in [0.15, 0.2) is 66.2 Å². The van der Waals surface area contributed by atoms with Gasteiger partial charge in [-0.15, -0.1) is 0 Å². The van der Waals surface area contributed by atoms with Crippen molar-refractivity contribution in [3.63, 3.8) is 0 Å². The van der Waals surface area contributed by atoms with Crippen molar-refractivity contribution in [3.8, 4) is 6.07 Å². The molecule has 0 aromatic heterocycles. The van der Waals surface area contributed by atoms with Crippen molar-refractivity contribution in [2.45, 2.75) is 33.2 Å². The molecule has 2 rings (SSSR count). The zero-order valence-corrected chi connectivity index (χ0v) is 18.6. The van der Waals surface area contributed by atoms with Crippen LogP contribution < -0.4 is 0 Å². The van der Waals surface area contributed by atoms with Crippen molar-refractivity contribution in [3.05, 3.63) is 77.4 Å². The summed E-state index contributed by atoms with van der Waals surface area (Å²) >= 11 is 0. The van der Waals surface area contributed by atoms with E-state index in [2.05, 4.69) is 0 Å². The van der Waals surface area contributed by atoms with Gasteiger partial charge < -0.3 is 5.11 Å². The second-order valence-corrected chi connectivity index (χ2v) is 8.62. The molecule has 31 heavy (non-hydrogen) atoms. The molecule has 2 aromatic rings. The maximum Gasteiger partial charge on any atom is 0.435 e. The van der Waals surface area contributed by atoms with Gasteiger partial charge in [0.1, 0.15) is 6.07 Å². The third-order valence-corrected chi connectivity index (χ3v) is 6.21. The Morgan fingerprint density at radius 3 is 1.97 bits per heavy atom. The first-order valence-electron chi connectivity index (χ1n) is 10.1. The summed E-state index contributed by atoms with van der Waals surface area (Å²) in [7, 11) is -4.00. The summed E-state index contributed by atoms with van der Waals surface area (Å²) in [6.45, 7) is 4.09. The van der Waals surface area contributed by atoms with Crippen molar-refractivity contribution >= 4 is 19.4 Å². The van der Waals surface area contributed by atoms with E-state index in [9.17, 15) is 19.7 Å². The largest absolute Gasteiger partial charge is 0.477 e. The SMILES string of the molecule is CCCOP(=O)(OCCC)N(Cc1ccccc1)C(=C(C#N)C(=O)O)c1ccccc1. The lowest BCUT2D eigenvalue weighted by molar-refractivity contribution is -0.132. The number of hydrogen-bond acceptors (Lipinski definition) is 5. The fraction of sp³-hybridized carbons (Fsp3) is 0.304. The van der Waals surface area contributed by atoms with Gasteiger partial charge in [-0.25, -0.2) is 9.36 Å². The molecule has 0 bridgehead atoms. The van der Waals surface area contributed by atoms with Crippen LogP contribution in [-0.2, 0) is 25.0 Å². The molecule has 8 heteroatoms. The number of hydrogen-bond donors (Lipinski definition) is 1. The highest BCUT2D eigenvalue weighted by atomic mass is 31.2. The lowest BCUT2D eigenvalue weighted by Gasteiger charge is -2.34. The molecule has 0 radical (unpaired) electrons. The van der Waals surface area contributed by atoms with Crippen LogP contribution in [0, 0.1) is 11.3 Å². The number of rotatable bonds is 12. The van der Waals surface area contributed by atoms with Gasteiger partial charge in [-0.1, -0.05) is 74.5 Å². The van der Waals surface area contributed by atoms with Crippen LogP contribution in [0.25, 0.3) is 5.70 Å². The summed E-state index contributed by atoms with van der Waals surface area (Å²) in [5.41, 5.74) is 0.648. The second kappa shape index (κ2) is 12.1. The quantitative estimate of drug-likeness (QED) is 0.264. The highest BCUT2D eigenvalue weighted by Gasteiger charge is 2.38. The Balaban J connectivity index is 2.76. The lowest BCUT2D eigenvalue weighted by atomic mass is 10.1. The summed E-state index contributed by atoms with van der Waals surface area (Å²) in [6, 6.07) is 19.5. The smallest absolute Gasteiger partial charge is 0.435 e.